The van der Waals surface area contributed by atoms with E-state index in [0.29, 0.717) is 6.61 Å². The van der Waals surface area contributed by atoms with E-state index < -0.39 is 0 Å². The predicted molar refractivity (Wildman–Crippen MR) is 35.9 cm³/mol. The summed E-state index contributed by atoms with van der Waals surface area (Å²) in [6.07, 6.45) is 1.75. The van der Waals surface area contributed by atoms with Gasteiger partial charge in [0.25, 0.3) is 0 Å². The van der Waals surface area contributed by atoms with Crippen molar-refractivity contribution >= 4 is 5.69 Å². The van der Waals surface area contributed by atoms with E-state index in [1.807, 2.05) is 12.1 Å². The molecule has 0 saturated heterocycles. The van der Waals surface area contributed by atoms with Crippen LogP contribution in [-0.2, 0) is 11.3 Å². The van der Waals surface area contributed by atoms with Crippen molar-refractivity contribution in [1.29, 1.82) is 0 Å². The number of fused-ring (bicyclic) bond motifs is 1. The van der Waals surface area contributed by atoms with Crippen molar-refractivity contribution in [2.24, 2.45) is 0 Å². The molecule has 0 saturated carbocycles. The average molecular weight is 134 g/mol. The van der Waals surface area contributed by atoms with Crippen LogP contribution in [0.2, 0.25) is 0 Å². The van der Waals surface area contributed by atoms with E-state index >= 15 is 0 Å². The van der Waals surface area contributed by atoms with Crippen LogP contribution in [0.5, 0.6) is 0 Å². The second kappa shape index (κ2) is 2.27. The zero-order chi connectivity index (χ0) is 6.81. The van der Waals surface area contributed by atoms with Gasteiger partial charge in [-0.05, 0) is 12.1 Å². The molecule has 1 aliphatic rings. The Morgan fingerprint density at radius 1 is 1.70 bits per heavy atom. The van der Waals surface area contributed by atoms with E-state index in [0.717, 1.165) is 11.4 Å². The molecule has 0 atom stereocenters. The van der Waals surface area contributed by atoms with Crippen LogP contribution in [0.4, 0.5) is 5.69 Å². The molecular weight excluding hydrogens is 128 g/mol. The van der Waals surface area contributed by atoms with Crippen molar-refractivity contribution in [3.63, 3.8) is 0 Å². The van der Waals surface area contributed by atoms with E-state index in [9.17, 15) is 0 Å². The van der Waals surface area contributed by atoms with Crippen LogP contribution in [0.25, 0.3) is 0 Å². The van der Waals surface area contributed by atoms with Gasteiger partial charge >= 0.3 is 0 Å². The van der Waals surface area contributed by atoms with Crippen molar-refractivity contribution in [2.45, 2.75) is 6.61 Å². The third-order valence-electron chi connectivity index (χ3n) is 1.36. The SMILES string of the molecule is [C]1Nc2cccnc2CO1. The van der Waals surface area contributed by atoms with Crippen molar-refractivity contribution in [3.8, 4) is 0 Å². The summed E-state index contributed by atoms with van der Waals surface area (Å²) >= 11 is 0. The second-order valence-electron chi connectivity index (χ2n) is 2.01. The minimum atomic E-state index is 0.517. The summed E-state index contributed by atoms with van der Waals surface area (Å²) in [5, 5.41) is 2.83. The molecule has 1 aliphatic heterocycles. The molecular formula is C7H6N2O. The number of anilines is 1. The molecule has 0 bridgehead atoms. The zero-order valence-electron chi connectivity index (χ0n) is 5.29. The largest absolute Gasteiger partial charge is 0.348 e. The van der Waals surface area contributed by atoms with Crippen molar-refractivity contribution in [1.82, 2.24) is 4.98 Å². The summed E-state index contributed by atoms with van der Waals surface area (Å²) in [4.78, 5) is 4.09. The quantitative estimate of drug-likeness (QED) is 0.575. The third-order valence-corrected chi connectivity index (χ3v) is 1.36. The van der Waals surface area contributed by atoms with Gasteiger partial charge in [0, 0.05) is 6.20 Å². The predicted octanol–water partition coefficient (Wildman–Crippen LogP) is 1.02. The Morgan fingerprint density at radius 3 is 3.60 bits per heavy atom. The number of pyridine rings is 1. The Hall–Kier alpha value is -1.09. The number of hydrogen-bond acceptors (Lipinski definition) is 3. The Balaban J connectivity index is 2.41. The Kier molecular flexibility index (Phi) is 1.29. The van der Waals surface area contributed by atoms with Gasteiger partial charge in [0.15, 0.2) is 0 Å². The van der Waals surface area contributed by atoms with E-state index in [-0.39, 0.29) is 0 Å². The third kappa shape index (κ3) is 0.844. The lowest BCUT2D eigenvalue weighted by Crippen LogP contribution is -2.10. The van der Waals surface area contributed by atoms with Crippen LogP contribution < -0.4 is 5.32 Å². The molecule has 3 nitrogen and oxygen atoms in total. The number of hydrogen-bond donors (Lipinski definition) is 1. The lowest BCUT2D eigenvalue weighted by molar-refractivity contribution is 0.183. The zero-order valence-corrected chi connectivity index (χ0v) is 5.29. The average Bonchev–Trinajstić information content (AvgIpc) is 2.05. The van der Waals surface area contributed by atoms with Gasteiger partial charge in [-0.15, -0.1) is 0 Å². The number of aromatic nitrogens is 1. The van der Waals surface area contributed by atoms with Gasteiger partial charge in [0.1, 0.15) is 0 Å². The number of ether oxygens (including phenoxy) is 1. The van der Waals surface area contributed by atoms with Crippen LogP contribution in [0, 0.1) is 6.73 Å². The van der Waals surface area contributed by atoms with Crippen LogP contribution in [0.15, 0.2) is 18.3 Å². The maximum absolute atomic E-state index is 4.87. The highest BCUT2D eigenvalue weighted by atomic mass is 16.5. The monoisotopic (exact) mass is 134 g/mol. The topological polar surface area (TPSA) is 34.2 Å². The smallest absolute Gasteiger partial charge is 0.247 e. The molecule has 0 aliphatic carbocycles. The van der Waals surface area contributed by atoms with Crippen molar-refractivity contribution < 1.29 is 4.74 Å². The fourth-order valence-electron chi connectivity index (χ4n) is 0.862. The lowest BCUT2D eigenvalue weighted by Gasteiger charge is -2.14. The fraction of sp³-hybridized carbons (Fsp3) is 0.143. The normalized spacial score (nSPS) is 15.6. The molecule has 0 amide bonds. The molecule has 0 unspecified atom stereocenters. The first-order valence-corrected chi connectivity index (χ1v) is 3.03. The molecule has 2 radical (unpaired) electrons. The standard InChI is InChI=1S/C7H6N2O/c1-2-6-7(8-3-1)4-10-5-9-6/h1-3,9H,4H2. The molecule has 0 aromatic carbocycles. The molecule has 0 spiro atoms. The summed E-state index contributed by atoms with van der Waals surface area (Å²) in [6, 6.07) is 3.82. The highest BCUT2D eigenvalue weighted by molar-refractivity contribution is 5.49. The van der Waals surface area contributed by atoms with E-state index in [4.69, 9.17) is 4.74 Å². The lowest BCUT2D eigenvalue weighted by atomic mass is 10.3. The van der Waals surface area contributed by atoms with E-state index in [2.05, 4.69) is 17.0 Å². The van der Waals surface area contributed by atoms with Gasteiger partial charge in [-0.3, -0.25) is 4.98 Å². The maximum Gasteiger partial charge on any atom is 0.247 e. The van der Waals surface area contributed by atoms with Gasteiger partial charge in [0.2, 0.25) is 6.73 Å². The number of nitrogens with one attached hydrogen (secondary N) is 1. The first-order chi connectivity index (χ1) is 4.97. The molecule has 1 aromatic heterocycles. The number of nitrogens with zero attached hydrogens (tertiary/aromatic N) is 1. The minimum Gasteiger partial charge on any atom is -0.348 e. The summed E-state index contributed by atoms with van der Waals surface area (Å²) in [7, 11) is 0. The summed E-state index contributed by atoms with van der Waals surface area (Å²) < 4.78 is 4.87. The van der Waals surface area contributed by atoms with Crippen LogP contribution >= 0.6 is 0 Å². The Morgan fingerprint density at radius 2 is 2.70 bits per heavy atom. The van der Waals surface area contributed by atoms with E-state index in [1.165, 1.54) is 0 Å². The first kappa shape index (κ1) is 5.68. The summed E-state index contributed by atoms with van der Waals surface area (Å²) in [5.41, 5.74) is 1.91. The fourth-order valence-corrected chi connectivity index (χ4v) is 0.862. The molecule has 2 heterocycles. The van der Waals surface area contributed by atoms with Gasteiger partial charge in [-0.1, -0.05) is 0 Å². The number of rotatable bonds is 0. The molecule has 1 aromatic rings. The molecule has 0 fully saturated rings. The van der Waals surface area contributed by atoms with Crippen molar-refractivity contribution in [3.05, 3.63) is 30.8 Å². The minimum absolute atomic E-state index is 0.517. The Labute approximate surface area is 59.0 Å². The molecule has 3 heteroatoms. The van der Waals surface area contributed by atoms with Crippen LogP contribution in [-0.4, -0.2) is 4.98 Å². The molecule has 2 rings (SSSR count). The highest BCUT2D eigenvalue weighted by Crippen LogP contribution is 2.17. The van der Waals surface area contributed by atoms with Gasteiger partial charge in [-0.2, -0.15) is 0 Å². The molecule has 10 heavy (non-hydrogen) atoms. The van der Waals surface area contributed by atoms with Gasteiger partial charge in [-0.25, -0.2) is 0 Å². The maximum atomic E-state index is 4.87. The van der Waals surface area contributed by atoms with Gasteiger partial charge < -0.3 is 10.1 Å². The van der Waals surface area contributed by atoms with Crippen molar-refractivity contribution in [2.75, 3.05) is 5.32 Å². The Bertz CT molecular complexity index is 212. The van der Waals surface area contributed by atoms with E-state index in [1.54, 1.807) is 6.20 Å². The second-order valence-corrected chi connectivity index (χ2v) is 2.01. The first-order valence-electron chi connectivity index (χ1n) is 3.03. The summed E-state index contributed by atoms with van der Waals surface area (Å²) in [6.45, 7) is 3.07. The molecule has 50 valence electrons. The van der Waals surface area contributed by atoms with Crippen LogP contribution in [0.3, 0.4) is 0 Å². The van der Waals surface area contributed by atoms with Crippen LogP contribution in [0.1, 0.15) is 5.69 Å². The molecule has 1 N–H and O–H groups in total. The highest BCUT2D eigenvalue weighted by Gasteiger charge is 2.08. The van der Waals surface area contributed by atoms with Gasteiger partial charge in [0.05, 0.1) is 18.0 Å². The summed E-state index contributed by atoms with van der Waals surface area (Å²) in [5.74, 6) is 0.